The van der Waals surface area contributed by atoms with Crippen molar-refractivity contribution in [3.05, 3.63) is 84.0 Å². The molecule has 4 aromatic rings. The minimum absolute atomic E-state index is 0.0675. The Hall–Kier alpha value is -4.13. The zero-order valence-corrected chi connectivity index (χ0v) is 17.9. The number of rotatable bonds is 5. The smallest absolute Gasteiger partial charge is 0.247 e. The Balaban J connectivity index is 1.44. The van der Waals surface area contributed by atoms with Gasteiger partial charge in [0.25, 0.3) is 0 Å². The lowest BCUT2D eigenvalue weighted by molar-refractivity contribution is -0.126. The average molecular weight is 426 g/mol. The number of carbonyl (C=O) groups is 1. The molecule has 5 rings (SSSR count). The maximum atomic E-state index is 13.0. The highest BCUT2D eigenvalue weighted by Gasteiger charge is 2.24. The Kier molecular flexibility index (Phi) is 5.07. The molecule has 0 bridgehead atoms. The van der Waals surface area contributed by atoms with Crippen LogP contribution in [0.3, 0.4) is 0 Å². The van der Waals surface area contributed by atoms with Crippen LogP contribution in [-0.4, -0.2) is 39.4 Å². The number of fused-ring (bicyclic) bond motifs is 2. The third-order valence-electron chi connectivity index (χ3n) is 5.63. The van der Waals surface area contributed by atoms with Crippen molar-refractivity contribution >= 4 is 17.6 Å². The van der Waals surface area contributed by atoms with E-state index in [2.05, 4.69) is 4.98 Å². The number of pyridine rings is 2. The predicted molar refractivity (Wildman–Crippen MR) is 121 cm³/mol. The van der Waals surface area contributed by atoms with Crippen molar-refractivity contribution < 1.29 is 14.3 Å². The molecule has 0 fully saturated rings. The molecule has 1 aromatic carbocycles. The number of hydrogen-bond donors (Lipinski definition) is 0. The number of hydrogen-bond acceptors (Lipinski definition) is 5. The van der Waals surface area contributed by atoms with E-state index in [1.54, 1.807) is 37.6 Å². The quantitative estimate of drug-likeness (QED) is 0.452. The molecule has 0 saturated carbocycles. The van der Waals surface area contributed by atoms with E-state index < -0.39 is 0 Å². The van der Waals surface area contributed by atoms with E-state index in [-0.39, 0.29) is 5.91 Å². The number of benzene rings is 1. The van der Waals surface area contributed by atoms with Crippen LogP contribution in [0.25, 0.3) is 23.0 Å². The van der Waals surface area contributed by atoms with E-state index in [1.165, 1.54) is 0 Å². The Morgan fingerprint density at radius 1 is 1.03 bits per heavy atom. The van der Waals surface area contributed by atoms with Gasteiger partial charge in [0.05, 0.1) is 25.6 Å². The molecular weight excluding hydrogens is 404 g/mol. The molecule has 0 saturated heterocycles. The van der Waals surface area contributed by atoms with Gasteiger partial charge >= 0.3 is 0 Å². The predicted octanol–water partition coefficient (Wildman–Crippen LogP) is 3.97. The second-order valence-electron chi connectivity index (χ2n) is 7.52. The van der Waals surface area contributed by atoms with Crippen LogP contribution in [0.1, 0.15) is 16.8 Å². The second kappa shape index (κ2) is 8.19. The van der Waals surface area contributed by atoms with E-state index in [4.69, 9.17) is 14.5 Å². The molecular formula is C25H22N4O3. The molecule has 1 aliphatic rings. The third kappa shape index (κ3) is 3.47. The van der Waals surface area contributed by atoms with E-state index in [0.717, 1.165) is 33.7 Å². The molecule has 7 heteroatoms. The van der Waals surface area contributed by atoms with Crippen LogP contribution in [0.2, 0.25) is 0 Å². The average Bonchev–Trinajstić information content (AvgIpc) is 3.43. The second-order valence-corrected chi connectivity index (χ2v) is 7.52. The van der Waals surface area contributed by atoms with E-state index in [9.17, 15) is 4.79 Å². The molecule has 32 heavy (non-hydrogen) atoms. The van der Waals surface area contributed by atoms with Crippen molar-refractivity contribution in [3.63, 3.8) is 0 Å². The molecule has 1 amide bonds. The largest absolute Gasteiger partial charge is 0.493 e. The fourth-order valence-corrected chi connectivity index (χ4v) is 4.03. The van der Waals surface area contributed by atoms with Crippen LogP contribution in [0, 0.1) is 0 Å². The Morgan fingerprint density at radius 2 is 1.78 bits per heavy atom. The SMILES string of the molecule is COc1cc2c(cc1OC)CN(C(=O)/C=C/c1c(-c3cccnc3)nc3ccccn13)C2. The Labute approximate surface area is 185 Å². The van der Waals surface area contributed by atoms with Crippen molar-refractivity contribution in [1.82, 2.24) is 19.3 Å². The van der Waals surface area contributed by atoms with E-state index in [0.29, 0.717) is 24.6 Å². The standard InChI is InChI=1S/C25H22N4O3/c1-31-21-12-18-15-28(16-19(18)13-22(21)32-2)24(30)9-8-20-25(17-6-5-10-26-14-17)27-23-7-3-4-11-29(20)23/h3-14H,15-16H2,1-2H3/b9-8+. The van der Waals surface area contributed by atoms with Gasteiger partial charge in [0, 0.05) is 43.3 Å². The van der Waals surface area contributed by atoms with Gasteiger partial charge in [0.1, 0.15) is 5.65 Å². The zero-order valence-electron chi connectivity index (χ0n) is 17.9. The lowest BCUT2D eigenvalue weighted by Crippen LogP contribution is -2.22. The molecule has 0 aliphatic carbocycles. The molecule has 160 valence electrons. The fourth-order valence-electron chi connectivity index (χ4n) is 4.03. The minimum Gasteiger partial charge on any atom is -0.493 e. The van der Waals surface area contributed by atoms with Crippen LogP contribution in [-0.2, 0) is 17.9 Å². The normalized spacial score (nSPS) is 13.0. The first-order chi connectivity index (χ1) is 15.7. The summed E-state index contributed by atoms with van der Waals surface area (Å²) < 4.78 is 12.8. The van der Waals surface area contributed by atoms with Gasteiger partial charge in [-0.25, -0.2) is 4.98 Å². The van der Waals surface area contributed by atoms with Crippen LogP contribution in [0.4, 0.5) is 0 Å². The molecule has 4 heterocycles. The van der Waals surface area contributed by atoms with E-state index >= 15 is 0 Å². The summed E-state index contributed by atoms with van der Waals surface area (Å²) in [4.78, 5) is 23.8. The van der Waals surface area contributed by atoms with Gasteiger partial charge in [-0.3, -0.25) is 14.2 Å². The lowest BCUT2D eigenvalue weighted by atomic mass is 10.1. The summed E-state index contributed by atoms with van der Waals surface area (Å²) in [5.41, 5.74) is 5.46. The Bertz CT molecular complexity index is 1300. The van der Waals surface area contributed by atoms with Crippen molar-refractivity contribution in [2.24, 2.45) is 0 Å². The summed E-state index contributed by atoms with van der Waals surface area (Å²) in [6, 6.07) is 13.5. The molecule has 0 N–H and O–H groups in total. The summed E-state index contributed by atoms with van der Waals surface area (Å²) in [5.74, 6) is 1.27. The zero-order chi connectivity index (χ0) is 22.1. The van der Waals surface area contributed by atoms with Gasteiger partial charge in [0.15, 0.2) is 11.5 Å². The summed E-state index contributed by atoms with van der Waals surface area (Å²) in [7, 11) is 3.22. The van der Waals surface area contributed by atoms with Gasteiger partial charge in [0.2, 0.25) is 5.91 Å². The van der Waals surface area contributed by atoms with E-state index in [1.807, 2.05) is 59.1 Å². The molecule has 0 unspecified atom stereocenters. The fraction of sp³-hybridized carbons (Fsp3) is 0.160. The van der Waals surface area contributed by atoms with Crippen LogP contribution >= 0.6 is 0 Å². The summed E-state index contributed by atoms with van der Waals surface area (Å²) in [5, 5.41) is 0. The van der Waals surface area contributed by atoms with Crippen LogP contribution in [0.5, 0.6) is 11.5 Å². The van der Waals surface area contributed by atoms with Gasteiger partial charge in [-0.15, -0.1) is 0 Å². The summed E-state index contributed by atoms with van der Waals surface area (Å²) in [6.45, 7) is 1.06. The highest BCUT2D eigenvalue weighted by Crippen LogP contribution is 2.35. The first kappa shape index (κ1) is 19.8. The van der Waals surface area contributed by atoms with Crippen molar-refractivity contribution in [2.75, 3.05) is 14.2 Å². The van der Waals surface area contributed by atoms with Gasteiger partial charge in [-0.05, 0) is 53.6 Å². The number of ether oxygens (including phenoxy) is 2. The number of aromatic nitrogens is 3. The summed E-state index contributed by atoms with van der Waals surface area (Å²) in [6.07, 6.45) is 8.88. The molecule has 0 spiro atoms. The minimum atomic E-state index is -0.0675. The maximum absolute atomic E-state index is 13.0. The monoisotopic (exact) mass is 426 g/mol. The van der Waals surface area contributed by atoms with Crippen LogP contribution < -0.4 is 9.47 Å². The number of carbonyl (C=O) groups excluding carboxylic acids is 1. The summed E-state index contributed by atoms with van der Waals surface area (Å²) >= 11 is 0. The van der Waals surface area contributed by atoms with Gasteiger partial charge in [-0.1, -0.05) is 6.07 Å². The van der Waals surface area contributed by atoms with Crippen molar-refractivity contribution in [3.8, 4) is 22.8 Å². The molecule has 0 atom stereocenters. The molecule has 1 aliphatic heterocycles. The highest BCUT2D eigenvalue weighted by atomic mass is 16.5. The third-order valence-corrected chi connectivity index (χ3v) is 5.63. The van der Waals surface area contributed by atoms with Gasteiger partial charge < -0.3 is 14.4 Å². The maximum Gasteiger partial charge on any atom is 0.247 e. The number of methoxy groups -OCH3 is 2. The van der Waals surface area contributed by atoms with Crippen molar-refractivity contribution in [1.29, 1.82) is 0 Å². The molecule has 3 aromatic heterocycles. The Morgan fingerprint density at radius 3 is 2.44 bits per heavy atom. The number of imidazole rings is 1. The highest BCUT2D eigenvalue weighted by molar-refractivity contribution is 5.93. The topological polar surface area (TPSA) is 69.0 Å². The van der Waals surface area contributed by atoms with Crippen molar-refractivity contribution in [2.45, 2.75) is 13.1 Å². The first-order valence-corrected chi connectivity index (χ1v) is 10.3. The first-order valence-electron chi connectivity index (χ1n) is 10.3. The molecule has 7 nitrogen and oxygen atoms in total. The van der Waals surface area contributed by atoms with Gasteiger partial charge in [-0.2, -0.15) is 0 Å². The number of amides is 1. The number of nitrogens with zero attached hydrogens (tertiary/aromatic N) is 4. The molecule has 0 radical (unpaired) electrons. The van der Waals surface area contributed by atoms with Crippen LogP contribution in [0.15, 0.2) is 67.1 Å². The lowest BCUT2D eigenvalue weighted by Gasteiger charge is -2.12.